The zero-order valence-electron chi connectivity index (χ0n) is 18.3. The molecule has 154 valence electrons. The van der Waals surface area contributed by atoms with Gasteiger partial charge in [0.2, 0.25) is 0 Å². The van der Waals surface area contributed by atoms with Crippen molar-refractivity contribution in [2.24, 2.45) is 5.92 Å². The van der Waals surface area contributed by atoms with Crippen molar-refractivity contribution < 1.29 is 9.53 Å². The Morgan fingerprint density at radius 2 is 1.35 bits per heavy atom. The second kappa shape index (κ2) is 17.6. The largest absolute Gasteiger partial charge is 0.459 e. The van der Waals surface area contributed by atoms with Gasteiger partial charge in [0, 0.05) is 5.57 Å². The van der Waals surface area contributed by atoms with Crippen molar-refractivity contribution >= 4 is 5.97 Å². The Morgan fingerprint density at radius 1 is 0.808 bits per heavy atom. The monoisotopic (exact) mass is 366 g/mol. The minimum Gasteiger partial charge on any atom is -0.459 e. The molecule has 0 amide bonds. The van der Waals surface area contributed by atoms with Gasteiger partial charge in [-0.1, -0.05) is 104 Å². The van der Waals surface area contributed by atoms with E-state index in [4.69, 9.17) is 4.74 Å². The SMILES string of the molecule is C=C(C)C(=O)OC(CCCCCCCCCCC)CC(CC)CCCC. The van der Waals surface area contributed by atoms with E-state index in [0.29, 0.717) is 11.5 Å². The lowest BCUT2D eigenvalue weighted by atomic mass is 9.91. The average molecular weight is 367 g/mol. The third kappa shape index (κ3) is 14.4. The van der Waals surface area contributed by atoms with Gasteiger partial charge in [-0.25, -0.2) is 4.79 Å². The third-order valence-corrected chi connectivity index (χ3v) is 5.39. The second-order valence-electron chi connectivity index (χ2n) is 8.08. The van der Waals surface area contributed by atoms with E-state index in [1.54, 1.807) is 6.92 Å². The molecule has 0 heterocycles. The lowest BCUT2D eigenvalue weighted by Crippen LogP contribution is -2.22. The maximum atomic E-state index is 12.0. The molecular weight excluding hydrogens is 320 g/mol. The summed E-state index contributed by atoms with van der Waals surface area (Å²) in [7, 11) is 0. The summed E-state index contributed by atoms with van der Waals surface area (Å²) in [5, 5.41) is 0. The van der Waals surface area contributed by atoms with Gasteiger partial charge in [-0.3, -0.25) is 0 Å². The average Bonchev–Trinajstić information content (AvgIpc) is 2.63. The molecule has 0 saturated carbocycles. The van der Waals surface area contributed by atoms with Gasteiger partial charge in [0.25, 0.3) is 0 Å². The number of hydrogen-bond donors (Lipinski definition) is 0. The van der Waals surface area contributed by atoms with E-state index in [1.807, 2.05) is 0 Å². The van der Waals surface area contributed by atoms with Crippen LogP contribution in [-0.4, -0.2) is 12.1 Å². The van der Waals surface area contributed by atoms with Crippen molar-refractivity contribution in [3.05, 3.63) is 12.2 Å². The van der Waals surface area contributed by atoms with Gasteiger partial charge in [-0.2, -0.15) is 0 Å². The van der Waals surface area contributed by atoms with Crippen LogP contribution in [0.5, 0.6) is 0 Å². The van der Waals surface area contributed by atoms with Crippen molar-refractivity contribution in [3.63, 3.8) is 0 Å². The fourth-order valence-corrected chi connectivity index (χ4v) is 3.51. The summed E-state index contributed by atoms with van der Waals surface area (Å²) >= 11 is 0. The Hall–Kier alpha value is -0.790. The molecule has 0 aliphatic heterocycles. The number of unbranched alkanes of at least 4 members (excludes halogenated alkanes) is 9. The van der Waals surface area contributed by atoms with Crippen molar-refractivity contribution in [2.45, 2.75) is 130 Å². The number of carbonyl (C=O) groups is 1. The number of esters is 1. The summed E-state index contributed by atoms with van der Waals surface area (Å²) in [6.07, 6.45) is 19.0. The summed E-state index contributed by atoms with van der Waals surface area (Å²) in [6.45, 7) is 12.2. The highest BCUT2D eigenvalue weighted by molar-refractivity contribution is 5.87. The van der Waals surface area contributed by atoms with Crippen molar-refractivity contribution in [3.8, 4) is 0 Å². The fourth-order valence-electron chi connectivity index (χ4n) is 3.51. The molecule has 0 aromatic heterocycles. The zero-order chi connectivity index (χ0) is 19.6. The summed E-state index contributed by atoms with van der Waals surface area (Å²) in [6, 6.07) is 0. The van der Waals surface area contributed by atoms with Crippen LogP contribution in [0.3, 0.4) is 0 Å². The van der Waals surface area contributed by atoms with E-state index in [2.05, 4.69) is 27.4 Å². The van der Waals surface area contributed by atoms with Gasteiger partial charge in [0.15, 0.2) is 0 Å². The molecule has 0 aliphatic rings. The van der Waals surface area contributed by atoms with E-state index in [9.17, 15) is 4.79 Å². The molecule has 26 heavy (non-hydrogen) atoms. The van der Waals surface area contributed by atoms with Gasteiger partial charge >= 0.3 is 5.97 Å². The van der Waals surface area contributed by atoms with Crippen LogP contribution in [0.25, 0.3) is 0 Å². The highest BCUT2D eigenvalue weighted by Crippen LogP contribution is 2.24. The lowest BCUT2D eigenvalue weighted by molar-refractivity contribution is -0.145. The molecule has 0 spiro atoms. The van der Waals surface area contributed by atoms with Crippen LogP contribution in [0.1, 0.15) is 124 Å². The first kappa shape index (κ1) is 25.2. The summed E-state index contributed by atoms with van der Waals surface area (Å²) < 4.78 is 5.76. The van der Waals surface area contributed by atoms with Gasteiger partial charge in [-0.15, -0.1) is 0 Å². The summed E-state index contributed by atoms with van der Waals surface area (Å²) in [5.41, 5.74) is 0.517. The highest BCUT2D eigenvalue weighted by Gasteiger charge is 2.19. The topological polar surface area (TPSA) is 26.3 Å². The van der Waals surface area contributed by atoms with Crippen LogP contribution in [0.15, 0.2) is 12.2 Å². The minimum absolute atomic E-state index is 0.0746. The maximum absolute atomic E-state index is 12.0. The van der Waals surface area contributed by atoms with E-state index < -0.39 is 0 Å². The second-order valence-corrected chi connectivity index (χ2v) is 8.08. The van der Waals surface area contributed by atoms with E-state index in [0.717, 1.165) is 12.8 Å². The molecule has 0 N–H and O–H groups in total. The minimum atomic E-state index is -0.212. The molecule has 0 aliphatic carbocycles. The molecule has 2 nitrogen and oxygen atoms in total. The van der Waals surface area contributed by atoms with Crippen LogP contribution in [-0.2, 0) is 9.53 Å². The lowest BCUT2D eigenvalue weighted by Gasteiger charge is -2.23. The number of ether oxygens (including phenoxy) is 1. The van der Waals surface area contributed by atoms with Crippen LogP contribution >= 0.6 is 0 Å². The first-order chi connectivity index (χ1) is 12.5. The smallest absolute Gasteiger partial charge is 0.333 e. The van der Waals surface area contributed by atoms with E-state index in [-0.39, 0.29) is 12.1 Å². The molecule has 2 heteroatoms. The third-order valence-electron chi connectivity index (χ3n) is 5.39. The van der Waals surface area contributed by atoms with Gasteiger partial charge in [-0.05, 0) is 32.1 Å². The molecule has 0 radical (unpaired) electrons. The predicted molar refractivity (Wildman–Crippen MR) is 114 cm³/mol. The van der Waals surface area contributed by atoms with Crippen molar-refractivity contribution in [1.82, 2.24) is 0 Å². The molecule has 2 atom stereocenters. The first-order valence-corrected chi connectivity index (χ1v) is 11.4. The molecule has 0 aromatic carbocycles. The Balaban J connectivity index is 4.14. The van der Waals surface area contributed by atoms with E-state index >= 15 is 0 Å². The van der Waals surface area contributed by atoms with Gasteiger partial charge in [0.1, 0.15) is 6.10 Å². The molecule has 0 saturated heterocycles. The van der Waals surface area contributed by atoms with Crippen LogP contribution < -0.4 is 0 Å². The molecule has 0 aromatic rings. The zero-order valence-corrected chi connectivity index (χ0v) is 18.3. The molecular formula is C24H46O2. The standard InChI is InChI=1S/C24H46O2/c1-6-9-11-12-13-14-15-16-17-19-23(26-24(25)21(4)5)20-22(8-3)18-10-7-2/h22-23H,4,6-20H2,1-3,5H3. The van der Waals surface area contributed by atoms with Gasteiger partial charge < -0.3 is 4.74 Å². The van der Waals surface area contributed by atoms with Crippen molar-refractivity contribution in [1.29, 1.82) is 0 Å². The molecule has 0 rings (SSSR count). The molecule has 2 unspecified atom stereocenters. The Labute approximate surface area is 164 Å². The Bertz CT molecular complexity index is 348. The van der Waals surface area contributed by atoms with Crippen LogP contribution in [0, 0.1) is 5.92 Å². The Kier molecular flexibility index (Phi) is 17.1. The number of carbonyl (C=O) groups excluding carboxylic acids is 1. The van der Waals surface area contributed by atoms with Crippen LogP contribution in [0.4, 0.5) is 0 Å². The number of hydrogen-bond acceptors (Lipinski definition) is 2. The normalized spacial score (nSPS) is 13.4. The van der Waals surface area contributed by atoms with Crippen molar-refractivity contribution in [2.75, 3.05) is 0 Å². The summed E-state index contributed by atoms with van der Waals surface area (Å²) in [5.74, 6) is 0.465. The molecule has 0 fully saturated rings. The van der Waals surface area contributed by atoms with Crippen LogP contribution in [0.2, 0.25) is 0 Å². The predicted octanol–water partition coefficient (Wildman–Crippen LogP) is 8.00. The Morgan fingerprint density at radius 3 is 1.85 bits per heavy atom. The number of rotatable bonds is 18. The highest BCUT2D eigenvalue weighted by atomic mass is 16.5. The molecule has 0 bridgehead atoms. The maximum Gasteiger partial charge on any atom is 0.333 e. The quantitative estimate of drug-likeness (QED) is 0.139. The van der Waals surface area contributed by atoms with Gasteiger partial charge in [0.05, 0.1) is 0 Å². The van der Waals surface area contributed by atoms with E-state index in [1.165, 1.54) is 83.5 Å². The first-order valence-electron chi connectivity index (χ1n) is 11.4. The fraction of sp³-hybridized carbons (Fsp3) is 0.875. The summed E-state index contributed by atoms with van der Waals surface area (Å²) in [4.78, 5) is 12.0.